The second-order valence-corrected chi connectivity index (χ2v) is 5.86. The summed E-state index contributed by atoms with van der Waals surface area (Å²) >= 11 is 0. The summed E-state index contributed by atoms with van der Waals surface area (Å²) in [4.78, 5) is 14.5. The molecule has 0 spiro atoms. The number of hydrogen-bond acceptors (Lipinski definition) is 2. The van der Waals surface area contributed by atoms with Crippen molar-refractivity contribution in [3.05, 3.63) is 0 Å². The molecule has 0 fully saturated rings. The molecular formula is C16H34N2O. The molecule has 3 heteroatoms. The molecule has 1 amide bonds. The lowest BCUT2D eigenvalue weighted by molar-refractivity contribution is -0.134. The smallest absolute Gasteiger partial charge is 0.222 e. The number of carbonyl (C=O) groups is 1. The van der Waals surface area contributed by atoms with Crippen molar-refractivity contribution in [1.29, 1.82) is 0 Å². The lowest BCUT2D eigenvalue weighted by Gasteiger charge is -2.32. The van der Waals surface area contributed by atoms with Gasteiger partial charge in [0.25, 0.3) is 0 Å². The Kier molecular flexibility index (Phi) is 10.9. The van der Waals surface area contributed by atoms with Crippen molar-refractivity contribution in [2.45, 2.75) is 78.7 Å². The van der Waals surface area contributed by atoms with Gasteiger partial charge in [-0.25, -0.2) is 0 Å². The van der Waals surface area contributed by atoms with E-state index >= 15 is 0 Å². The first-order valence-electron chi connectivity index (χ1n) is 8.06. The van der Waals surface area contributed by atoms with E-state index in [0.29, 0.717) is 24.3 Å². The van der Waals surface area contributed by atoms with Crippen LogP contribution in [0.25, 0.3) is 0 Å². The SMILES string of the molecule is CCC(CC)N(CC(C)C)C(=O)CCCCCCN. The third-order valence-corrected chi connectivity index (χ3v) is 3.61. The zero-order chi connectivity index (χ0) is 14.7. The van der Waals surface area contributed by atoms with Crippen LogP contribution < -0.4 is 5.73 Å². The van der Waals surface area contributed by atoms with Crippen LogP contribution in [0.4, 0.5) is 0 Å². The van der Waals surface area contributed by atoms with E-state index in [1.54, 1.807) is 0 Å². The summed E-state index contributed by atoms with van der Waals surface area (Å²) in [6, 6.07) is 0.416. The van der Waals surface area contributed by atoms with Crippen LogP contribution in [0.3, 0.4) is 0 Å². The average molecular weight is 270 g/mol. The fourth-order valence-corrected chi connectivity index (χ4v) is 2.50. The summed E-state index contributed by atoms with van der Waals surface area (Å²) in [6.07, 6.45) is 7.18. The molecule has 0 saturated heterocycles. The van der Waals surface area contributed by atoms with Crippen LogP contribution in [0.1, 0.15) is 72.6 Å². The van der Waals surface area contributed by atoms with Crippen molar-refractivity contribution in [3.8, 4) is 0 Å². The highest BCUT2D eigenvalue weighted by Gasteiger charge is 2.21. The van der Waals surface area contributed by atoms with Gasteiger partial charge in [-0.15, -0.1) is 0 Å². The summed E-state index contributed by atoms with van der Waals surface area (Å²) in [7, 11) is 0. The summed E-state index contributed by atoms with van der Waals surface area (Å²) in [5.41, 5.74) is 5.47. The van der Waals surface area contributed by atoms with Gasteiger partial charge in [0.15, 0.2) is 0 Å². The summed E-state index contributed by atoms with van der Waals surface area (Å²) < 4.78 is 0. The lowest BCUT2D eigenvalue weighted by Crippen LogP contribution is -2.41. The minimum absolute atomic E-state index is 0.343. The Hall–Kier alpha value is -0.570. The Bertz CT molecular complexity index is 225. The molecule has 0 radical (unpaired) electrons. The van der Waals surface area contributed by atoms with E-state index in [9.17, 15) is 4.79 Å². The molecule has 0 bridgehead atoms. The molecule has 0 aliphatic rings. The summed E-state index contributed by atoms with van der Waals surface area (Å²) in [6.45, 7) is 10.4. The van der Waals surface area contributed by atoms with E-state index in [0.717, 1.165) is 51.6 Å². The van der Waals surface area contributed by atoms with E-state index in [2.05, 4.69) is 32.6 Å². The molecule has 0 aromatic rings. The van der Waals surface area contributed by atoms with Crippen molar-refractivity contribution in [1.82, 2.24) is 4.90 Å². The van der Waals surface area contributed by atoms with Crippen LogP contribution in [0.5, 0.6) is 0 Å². The maximum absolute atomic E-state index is 12.4. The molecule has 0 aromatic heterocycles. The Labute approximate surface area is 119 Å². The van der Waals surface area contributed by atoms with E-state index in [-0.39, 0.29) is 0 Å². The zero-order valence-corrected chi connectivity index (χ0v) is 13.5. The first-order chi connectivity index (χ1) is 9.06. The molecule has 0 aromatic carbocycles. The number of amides is 1. The van der Waals surface area contributed by atoms with Crippen molar-refractivity contribution in [3.63, 3.8) is 0 Å². The minimum Gasteiger partial charge on any atom is -0.339 e. The van der Waals surface area contributed by atoms with Gasteiger partial charge in [-0.05, 0) is 38.1 Å². The van der Waals surface area contributed by atoms with Crippen LogP contribution in [0.2, 0.25) is 0 Å². The maximum atomic E-state index is 12.4. The first kappa shape index (κ1) is 18.4. The van der Waals surface area contributed by atoms with Gasteiger partial charge in [0.05, 0.1) is 0 Å². The van der Waals surface area contributed by atoms with Crippen LogP contribution >= 0.6 is 0 Å². The average Bonchev–Trinajstić information content (AvgIpc) is 2.38. The molecule has 0 aliphatic carbocycles. The molecule has 0 atom stereocenters. The minimum atomic E-state index is 0.343. The van der Waals surface area contributed by atoms with E-state index in [1.165, 1.54) is 0 Å². The van der Waals surface area contributed by atoms with Gasteiger partial charge in [0, 0.05) is 19.0 Å². The van der Waals surface area contributed by atoms with E-state index in [4.69, 9.17) is 5.73 Å². The Morgan fingerprint density at radius 3 is 2.11 bits per heavy atom. The second-order valence-electron chi connectivity index (χ2n) is 5.86. The van der Waals surface area contributed by atoms with Crippen LogP contribution in [-0.4, -0.2) is 29.9 Å². The van der Waals surface area contributed by atoms with E-state index < -0.39 is 0 Å². The topological polar surface area (TPSA) is 46.3 Å². The van der Waals surface area contributed by atoms with Gasteiger partial charge < -0.3 is 10.6 Å². The predicted molar refractivity (Wildman–Crippen MR) is 83.1 cm³/mol. The highest BCUT2D eigenvalue weighted by atomic mass is 16.2. The van der Waals surface area contributed by atoms with Gasteiger partial charge in [0.1, 0.15) is 0 Å². The molecule has 0 unspecified atom stereocenters. The Balaban J connectivity index is 4.22. The van der Waals surface area contributed by atoms with Gasteiger partial charge in [-0.1, -0.05) is 40.5 Å². The standard InChI is InChI=1S/C16H34N2O/c1-5-15(6-2)18(13-14(3)4)16(19)11-9-7-8-10-12-17/h14-15H,5-13,17H2,1-4H3. The largest absolute Gasteiger partial charge is 0.339 e. The van der Waals surface area contributed by atoms with Gasteiger partial charge >= 0.3 is 0 Å². The molecule has 0 heterocycles. The predicted octanol–water partition coefficient (Wildman–Crippen LogP) is 3.57. The van der Waals surface area contributed by atoms with E-state index in [1.807, 2.05) is 0 Å². The van der Waals surface area contributed by atoms with Gasteiger partial charge in [0.2, 0.25) is 5.91 Å². The fraction of sp³-hybridized carbons (Fsp3) is 0.938. The molecule has 0 saturated carbocycles. The lowest BCUT2D eigenvalue weighted by atomic mass is 10.1. The molecule has 0 rings (SSSR count). The van der Waals surface area contributed by atoms with Crippen molar-refractivity contribution in [2.24, 2.45) is 11.7 Å². The fourth-order valence-electron chi connectivity index (χ4n) is 2.50. The second kappa shape index (κ2) is 11.3. The Morgan fingerprint density at radius 2 is 1.63 bits per heavy atom. The third kappa shape index (κ3) is 8.25. The number of nitrogens with two attached hydrogens (primary N) is 1. The molecule has 0 aliphatic heterocycles. The summed E-state index contributed by atoms with van der Waals surface area (Å²) in [5, 5.41) is 0. The highest BCUT2D eigenvalue weighted by Crippen LogP contribution is 2.15. The van der Waals surface area contributed by atoms with Gasteiger partial charge in [-0.3, -0.25) is 4.79 Å². The molecule has 19 heavy (non-hydrogen) atoms. The van der Waals surface area contributed by atoms with Crippen LogP contribution in [-0.2, 0) is 4.79 Å². The summed E-state index contributed by atoms with van der Waals surface area (Å²) in [5.74, 6) is 0.886. The van der Waals surface area contributed by atoms with Gasteiger partial charge in [-0.2, -0.15) is 0 Å². The number of nitrogens with zero attached hydrogens (tertiary/aromatic N) is 1. The Morgan fingerprint density at radius 1 is 1.05 bits per heavy atom. The van der Waals surface area contributed by atoms with Crippen LogP contribution in [0, 0.1) is 5.92 Å². The molecule has 2 N–H and O–H groups in total. The first-order valence-corrected chi connectivity index (χ1v) is 8.06. The monoisotopic (exact) mass is 270 g/mol. The molecular weight excluding hydrogens is 236 g/mol. The normalized spacial score (nSPS) is 11.3. The molecule has 3 nitrogen and oxygen atoms in total. The third-order valence-electron chi connectivity index (χ3n) is 3.61. The number of carbonyl (C=O) groups excluding carboxylic acids is 1. The van der Waals surface area contributed by atoms with Crippen molar-refractivity contribution in [2.75, 3.05) is 13.1 Å². The van der Waals surface area contributed by atoms with Crippen LogP contribution in [0.15, 0.2) is 0 Å². The van der Waals surface area contributed by atoms with Crippen molar-refractivity contribution < 1.29 is 4.79 Å². The quantitative estimate of drug-likeness (QED) is 0.583. The number of rotatable bonds is 11. The zero-order valence-electron chi connectivity index (χ0n) is 13.5. The number of hydrogen-bond donors (Lipinski definition) is 1. The number of unbranched alkanes of at least 4 members (excludes halogenated alkanes) is 3. The maximum Gasteiger partial charge on any atom is 0.222 e. The van der Waals surface area contributed by atoms with Crippen molar-refractivity contribution >= 4 is 5.91 Å². The highest BCUT2D eigenvalue weighted by molar-refractivity contribution is 5.76. The molecule has 114 valence electrons.